The van der Waals surface area contributed by atoms with Crippen LogP contribution in [0.25, 0.3) is 0 Å². The summed E-state index contributed by atoms with van der Waals surface area (Å²) in [4.78, 5) is 25.1. The number of nitrogens with one attached hydrogen (secondary N) is 2. The normalized spacial score (nSPS) is 16.5. The molecule has 2 amide bonds. The second kappa shape index (κ2) is 8.05. The van der Waals surface area contributed by atoms with E-state index in [2.05, 4.69) is 10.6 Å². The average molecular weight is 382 g/mol. The first kappa shape index (κ1) is 17.9. The molecule has 0 unspecified atom stereocenters. The molecule has 0 spiro atoms. The summed E-state index contributed by atoms with van der Waals surface area (Å²) in [5.74, 6) is 1.05. The largest absolute Gasteiger partial charge is 0.490 e. The maximum Gasteiger partial charge on any atom is 0.251 e. The Kier molecular flexibility index (Phi) is 5.34. The van der Waals surface area contributed by atoms with Gasteiger partial charge in [0.05, 0.1) is 17.5 Å². The quantitative estimate of drug-likeness (QED) is 0.821. The van der Waals surface area contributed by atoms with Gasteiger partial charge in [0.25, 0.3) is 5.91 Å². The van der Waals surface area contributed by atoms with E-state index in [1.54, 1.807) is 12.1 Å². The first-order valence-electron chi connectivity index (χ1n) is 9.28. The van der Waals surface area contributed by atoms with Gasteiger partial charge in [-0.15, -0.1) is 11.8 Å². The second-order valence-electron chi connectivity index (χ2n) is 6.86. The smallest absolute Gasteiger partial charge is 0.251 e. The highest BCUT2D eigenvalue weighted by Gasteiger charge is 2.19. The van der Waals surface area contributed by atoms with Crippen LogP contribution in [0.1, 0.15) is 41.6 Å². The fraction of sp³-hybridized carbons (Fsp3) is 0.333. The number of anilines is 1. The maximum atomic E-state index is 12.6. The van der Waals surface area contributed by atoms with Gasteiger partial charge in [-0.1, -0.05) is 18.2 Å². The van der Waals surface area contributed by atoms with E-state index in [0.717, 1.165) is 29.1 Å². The van der Waals surface area contributed by atoms with Gasteiger partial charge in [0.2, 0.25) is 5.91 Å². The van der Waals surface area contributed by atoms with Crippen LogP contribution < -0.4 is 15.4 Å². The maximum absolute atomic E-state index is 12.6. The minimum absolute atomic E-state index is 0.0388. The Morgan fingerprint density at radius 2 is 2.00 bits per heavy atom. The lowest BCUT2D eigenvalue weighted by atomic mass is 10.1. The van der Waals surface area contributed by atoms with Crippen LogP contribution in [-0.4, -0.2) is 23.7 Å². The van der Waals surface area contributed by atoms with Gasteiger partial charge < -0.3 is 15.4 Å². The molecule has 0 saturated heterocycles. The monoisotopic (exact) mass is 382 g/mol. The van der Waals surface area contributed by atoms with E-state index >= 15 is 0 Å². The lowest BCUT2D eigenvalue weighted by molar-refractivity contribution is -0.113. The summed E-state index contributed by atoms with van der Waals surface area (Å²) in [5, 5.41) is 5.78. The number of rotatable bonds is 5. The molecule has 1 fully saturated rings. The zero-order valence-electron chi connectivity index (χ0n) is 15.0. The van der Waals surface area contributed by atoms with Gasteiger partial charge >= 0.3 is 0 Å². The van der Waals surface area contributed by atoms with E-state index in [-0.39, 0.29) is 17.9 Å². The van der Waals surface area contributed by atoms with Crippen molar-refractivity contribution < 1.29 is 14.3 Å². The molecule has 1 heterocycles. The van der Waals surface area contributed by atoms with Gasteiger partial charge in [0.15, 0.2) is 0 Å². The summed E-state index contributed by atoms with van der Waals surface area (Å²) in [6.45, 7) is 0.403. The molecule has 4 rings (SSSR count). The van der Waals surface area contributed by atoms with Gasteiger partial charge in [-0.05, 0) is 49.9 Å². The Morgan fingerprint density at radius 1 is 1.19 bits per heavy atom. The summed E-state index contributed by atoms with van der Waals surface area (Å²) >= 11 is 1.48. The lowest BCUT2D eigenvalue weighted by Crippen LogP contribution is -2.24. The van der Waals surface area contributed by atoms with E-state index in [1.165, 1.54) is 24.6 Å². The molecule has 5 nitrogen and oxygen atoms in total. The molecule has 1 saturated carbocycles. The van der Waals surface area contributed by atoms with E-state index in [9.17, 15) is 9.59 Å². The molecule has 2 aliphatic rings. The predicted molar refractivity (Wildman–Crippen MR) is 106 cm³/mol. The first-order chi connectivity index (χ1) is 13.2. The molecular weight excluding hydrogens is 360 g/mol. The Labute approximate surface area is 162 Å². The van der Waals surface area contributed by atoms with Gasteiger partial charge in [-0.25, -0.2) is 0 Å². The van der Waals surface area contributed by atoms with Gasteiger partial charge in [0.1, 0.15) is 5.75 Å². The van der Waals surface area contributed by atoms with Crippen LogP contribution in [0.2, 0.25) is 0 Å². The fourth-order valence-corrected chi connectivity index (χ4v) is 4.24. The van der Waals surface area contributed by atoms with Crippen LogP contribution in [0.15, 0.2) is 47.4 Å². The molecule has 0 bridgehead atoms. The number of ether oxygens (including phenoxy) is 1. The standard InChI is InChI=1S/C21H22N2O3S/c24-20-13-27-19-10-9-14(11-17(19)23-20)21(25)22-12-15-5-1-4-8-18(15)26-16-6-2-3-7-16/h1,4-5,8-11,16H,2-3,6-7,12-13H2,(H,22,25)(H,23,24). The minimum atomic E-state index is -0.168. The van der Waals surface area contributed by atoms with Crippen LogP contribution in [0.3, 0.4) is 0 Å². The third-order valence-electron chi connectivity index (χ3n) is 4.88. The highest BCUT2D eigenvalue weighted by Crippen LogP contribution is 2.32. The second-order valence-corrected chi connectivity index (χ2v) is 7.88. The van der Waals surface area contributed by atoms with E-state index in [4.69, 9.17) is 4.74 Å². The van der Waals surface area contributed by atoms with Crippen molar-refractivity contribution in [2.24, 2.45) is 0 Å². The number of benzene rings is 2. The summed E-state index contributed by atoms with van der Waals surface area (Å²) in [6, 6.07) is 13.3. The molecule has 140 valence electrons. The molecular formula is C21H22N2O3S. The first-order valence-corrected chi connectivity index (χ1v) is 10.3. The lowest BCUT2D eigenvalue weighted by Gasteiger charge is -2.18. The zero-order chi connectivity index (χ0) is 18.6. The molecule has 0 atom stereocenters. The Morgan fingerprint density at radius 3 is 2.85 bits per heavy atom. The van der Waals surface area contributed by atoms with Crippen molar-refractivity contribution in [3.8, 4) is 5.75 Å². The van der Waals surface area contributed by atoms with E-state index in [1.807, 2.05) is 30.3 Å². The highest BCUT2D eigenvalue weighted by molar-refractivity contribution is 8.00. The number of para-hydroxylation sites is 1. The molecule has 1 aliphatic carbocycles. The number of amides is 2. The number of thioether (sulfide) groups is 1. The SMILES string of the molecule is O=C1CSc2ccc(C(=O)NCc3ccccc3OC3CCCC3)cc2N1. The molecule has 2 aromatic rings. The van der Waals surface area contributed by atoms with Crippen LogP contribution in [0.4, 0.5) is 5.69 Å². The number of carbonyl (C=O) groups is 2. The molecule has 0 radical (unpaired) electrons. The molecule has 2 aromatic carbocycles. The third kappa shape index (κ3) is 4.27. The van der Waals surface area contributed by atoms with Crippen molar-refractivity contribution in [2.75, 3.05) is 11.1 Å². The summed E-state index contributed by atoms with van der Waals surface area (Å²) in [6.07, 6.45) is 4.91. The number of carbonyl (C=O) groups excluding carboxylic acids is 2. The van der Waals surface area contributed by atoms with Crippen LogP contribution >= 0.6 is 11.8 Å². The number of fused-ring (bicyclic) bond motifs is 1. The number of hydrogen-bond acceptors (Lipinski definition) is 4. The van der Waals surface area contributed by atoms with Gasteiger partial charge in [0, 0.05) is 22.6 Å². The molecule has 27 heavy (non-hydrogen) atoms. The molecule has 1 aliphatic heterocycles. The Balaban J connectivity index is 1.42. The van der Waals surface area contributed by atoms with Crippen molar-refractivity contribution >= 4 is 29.3 Å². The van der Waals surface area contributed by atoms with Gasteiger partial charge in [-0.2, -0.15) is 0 Å². The molecule has 6 heteroatoms. The van der Waals surface area contributed by atoms with Crippen molar-refractivity contribution in [1.29, 1.82) is 0 Å². The third-order valence-corrected chi connectivity index (χ3v) is 5.96. The Bertz CT molecular complexity index is 862. The van der Waals surface area contributed by atoms with Crippen LogP contribution in [0.5, 0.6) is 5.75 Å². The van der Waals surface area contributed by atoms with Crippen LogP contribution in [-0.2, 0) is 11.3 Å². The fourth-order valence-electron chi connectivity index (χ4n) is 3.45. The summed E-state index contributed by atoms with van der Waals surface area (Å²) in [5.41, 5.74) is 2.21. The molecule has 0 aromatic heterocycles. The highest BCUT2D eigenvalue weighted by atomic mass is 32.2. The van der Waals surface area contributed by atoms with Crippen molar-refractivity contribution in [3.05, 3.63) is 53.6 Å². The summed E-state index contributed by atoms with van der Waals surface area (Å²) in [7, 11) is 0. The number of hydrogen-bond donors (Lipinski definition) is 2. The van der Waals surface area contributed by atoms with Crippen LogP contribution in [0, 0.1) is 0 Å². The van der Waals surface area contributed by atoms with Crippen molar-refractivity contribution in [2.45, 2.75) is 43.2 Å². The van der Waals surface area contributed by atoms with Crippen molar-refractivity contribution in [3.63, 3.8) is 0 Å². The predicted octanol–water partition coefficient (Wildman–Crippen LogP) is 3.98. The Hall–Kier alpha value is -2.47. The molecule has 2 N–H and O–H groups in total. The summed E-state index contributed by atoms with van der Waals surface area (Å²) < 4.78 is 6.13. The van der Waals surface area contributed by atoms with E-state index < -0.39 is 0 Å². The minimum Gasteiger partial charge on any atom is -0.490 e. The topological polar surface area (TPSA) is 67.4 Å². The average Bonchev–Trinajstić information content (AvgIpc) is 3.19. The van der Waals surface area contributed by atoms with Crippen molar-refractivity contribution in [1.82, 2.24) is 5.32 Å². The van der Waals surface area contributed by atoms with Gasteiger partial charge in [-0.3, -0.25) is 9.59 Å². The zero-order valence-corrected chi connectivity index (χ0v) is 15.8. The van der Waals surface area contributed by atoms with E-state index in [0.29, 0.717) is 23.5 Å².